The lowest BCUT2D eigenvalue weighted by Gasteiger charge is -2.33. The molecule has 2 N–H and O–H groups in total. The van der Waals surface area contributed by atoms with Gasteiger partial charge in [-0.3, -0.25) is 4.79 Å². The minimum absolute atomic E-state index is 0.0152. The number of piperidine rings is 1. The van der Waals surface area contributed by atoms with Gasteiger partial charge >= 0.3 is 0 Å². The molecule has 3 nitrogen and oxygen atoms in total. The van der Waals surface area contributed by atoms with Crippen molar-refractivity contribution >= 4 is 17.2 Å². The van der Waals surface area contributed by atoms with Gasteiger partial charge in [0.15, 0.2) is 11.6 Å². The molecule has 2 aromatic rings. The molecule has 0 bridgehead atoms. The van der Waals surface area contributed by atoms with Crippen molar-refractivity contribution < 1.29 is 13.6 Å². The van der Waals surface area contributed by atoms with Crippen LogP contribution in [-0.4, -0.2) is 25.0 Å². The normalized spacial score (nSPS) is 21.1. The van der Waals surface area contributed by atoms with Crippen LogP contribution in [0.2, 0.25) is 0 Å². The molecule has 1 saturated heterocycles. The van der Waals surface area contributed by atoms with E-state index in [1.165, 1.54) is 6.07 Å². The first-order valence-corrected chi connectivity index (χ1v) is 8.49. The van der Waals surface area contributed by atoms with Gasteiger partial charge in [0.2, 0.25) is 5.91 Å². The molecule has 0 aliphatic carbocycles. The zero-order valence-electron chi connectivity index (χ0n) is 12.5. The van der Waals surface area contributed by atoms with Crippen LogP contribution in [0.25, 0.3) is 0 Å². The Kier molecular flexibility index (Phi) is 5.03. The van der Waals surface area contributed by atoms with E-state index < -0.39 is 11.6 Å². The second kappa shape index (κ2) is 7.19. The molecule has 3 rings (SSSR count). The van der Waals surface area contributed by atoms with Gasteiger partial charge in [0.05, 0.1) is 6.42 Å². The van der Waals surface area contributed by atoms with Gasteiger partial charge in [0.25, 0.3) is 0 Å². The summed E-state index contributed by atoms with van der Waals surface area (Å²) in [5.74, 6) is -1.75. The summed E-state index contributed by atoms with van der Waals surface area (Å²) in [6.45, 7) is 1.42. The minimum Gasteiger partial charge on any atom is -0.351 e. The number of hydrogen-bond acceptors (Lipinski definition) is 3. The second-order valence-corrected chi connectivity index (χ2v) is 6.74. The smallest absolute Gasteiger partial charge is 0.225 e. The Hall–Kier alpha value is -1.79. The van der Waals surface area contributed by atoms with Gasteiger partial charge in [0.1, 0.15) is 0 Å². The van der Waals surface area contributed by atoms with Crippen LogP contribution in [0.4, 0.5) is 8.78 Å². The standard InChI is InChI=1S/C17H18F2N2OS/c18-14-4-3-11(8-15(14)19)13-5-6-20-10-16(13)21-17(22)9-12-2-1-7-23-12/h1-4,7-8,13,16,20H,5-6,9-10H2,(H,21,22). The van der Waals surface area contributed by atoms with Gasteiger partial charge in [-0.15, -0.1) is 11.3 Å². The number of amides is 1. The van der Waals surface area contributed by atoms with Crippen LogP contribution in [0.5, 0.6) is 0 Å². The molecule has 6 heteroatoms. The number of halogens is 2. The summed E-state index contributed by atoms with van der Waals surface area (Å²) in [5.41, 5.74) is 0.729. The lowest BCUT2D eigenvalue weighted by Crippen LogP contribution is -2.50. The highest BCUT2D eigenvalue weighted by Gasteiger charge is 2.28. The number of benzene rings is 1. The number of hydrogen-bond donors (Lipinski definition) is 2. The maximum Gasteiger partial charge on any atom is 0.225 e. The highest BCUT2D eigenvalue weighted by molar-refractivity contribution is 7.10. The monoisotopic (exact) mass is 336 g/mol. The molecule has 1 amide bonds. The third kappa shape index (κ3) is 3.95. The first kappa shape index (κ1) is 16.1. The van der Waals surface area contributed by atoms with Crippen molar-refractivity contribution in [2.24, 2.45) is 0 Å². The fourth-order valence-electron chi connectivity index (χ4n) is 2.98. The Labute approximate surface area is 137 Å². The maximum absolute atomic E-state index is 13.5. The van der Waals surface area contributed by atoms with E-state index in [2.05, 4.69) is 10.6 Å². The van der Waals surface area contributed by atoms with E-state index in [9.17, 15) is 13.6 Å². The molecule has 2 atom stereocenters. The maximum atomic E-state index is 13.5. The minimum atomic E-state index is -0.846. The lowest BCUT2D eigenvalue weighted by molar-refractivity contribution is -0.121. The highest BCUT2D eigenvalue weighted by Crippen LogP contribution is 2.27. The van der Waals surface area contributed by atoms with Gasteiger partial charge in [-0.05, 0) is 42.1 Å². The van der Waals surface area contributed by atoms with E-state index in [0.29, 0.717) is 13.0 Å². The summed E-state index contributed by atoms with van der Waals surface area (Å²) < 4.78 is 26.6. The Morgan fingerprint density at radius 2 is 2.17 bits per heavy atom. The zero-order valence-corrected chi connectivity index (χ0v) is 13.3. The third-order valence-electron chi connectivity index (χ3n) is 4.12. The predicted octanol–water partition coefficient (Wildman–Crippen LogP) is 2.83. The summed E-state index contributed by atoms with van der Waals surface area (Å²) in [4.78, 5) is 13.2. The van der Waals surface area contributed by atoms with E-state index in [4.69, 9.17) is 0 Å². The molecule has 0 spiro atoms. The second-order valence-electron chi connectivity index (χ2n) is 5.70. The Bertz CT molecular complexity index is 675. The highest BCUT2D eigenvalue weighted by atomic mass is 32.1. The average molecular weight is 336 g/mol. The number of nitrogens with one attached hydrogen (secondary N) is 2. The van der Waals surface area contributed by atoms with Crippen LogP contribution >= 0.6 is 11.3 Å². The van der Waals surface area contributed by atoms with Crippen LogP contribution in [-0.2, 0) is 11.2 Å². The summed E-state index contributed by atoms with van der Waals surface area (Å²) >= 11 is 1.55. The Balaban J connectivity index is 1.70. The van der Waals surface area contributed by atoms with Crippen molar-refractivity contribution in [3.05, 3.63) is 57.8 Å². The van der Waals surface area contributed by atoms with E-state index in [1.807, 2.05) is 17.5 Å². The summed E-state index contributed by atoms with van der Waals surface area (Å²) in [7, 11) is 0. The SMILES string of the molecule is O=C(Cc1cccs1)NC1CNCCC1c1ccc(F)c(F)c1. The molecule has 2 heterocycles. The number of carbonyl (C=O) groups excluding carboxylic acids is 1. The van der Waals surface area contributed by atoms with Gasteiger partial charge < -0.3 is 10.6 Å². The van der Waals surface area contributed by atoms with E-state index in [1.54, 1.807) is 17.4 Å². The Morgan fingerprint density at radius 1 is 1.30 bits per heavy atom. The molecule has 1 aliphatic heterocycles. The van der Waals surface area contributed by atoms with Crippen LogP contribution in [0.3, 0.4) is 0 Å². The first-order valence-electron chi connectivity index (χ1n) is 7.61. The molecule has 122 valence electrons. The van der Waals surface area contributed by atoms with Crippen molar-refractivity contribution in [1.29, 1.82) is 0 Å². The van der Waals surface area contributed by atoms with Gasteiger partial charge in [-0.25, -0.2) is 8.78 Å². The molecular weight excluding hydrogens is 318 g/mol. The van der Waals surface area contributed by atoms with Crippen LogP contribution in [0, 0.1) is 11.6 Å². The molecule has 1 aromatic carbocycles. The van der Waals surface area contributed by atoms with E-state index in [-0.39, 0.29) is 17.9 Å². The largest absolute Gasteiger partial charge is 0.351 e. The molecule has 0 radical (unpaired) electrons. The summed E-state index contributed by atoms with van der Waals surface area (Å²) in [6, 6.07) is 7.71. The number of carbonyl (C=O) groups is 1. The molecule has 1 aromatic heterocycles. The van der Waals surface area contributed by atoms with E-state index >= 15 is 0 Å². The first-order chi connectivity index (χ1) is 11.1. The number of rotatable bonds is 4. The fourth-order valence-corrected chi connectivity index (χ4v) is 3.68. The molecule has 1 fully saturated rings. The van der Waals surface area contributed by atoms with Gasteiger partial charge in [-0.1, -0.05) is 12.1 Å². The molecule has 0 saturated carbocycles. The average Bonchev–Trinajstić information content (AvgIpc) is 3.03. The fraction of sp³-hybridized carbons (Fsp3) is 0.353. The van der Waals surface area contributed by atoms with E-state index in [0.717, 1.165) is 29.5 Å². The lowest BCUT2D eigenvalue weighted by atomic mass is 9.86. The summed E-state index contributed by atoms with van der Waals surface area (Å²) in [5, 5.41) is 8.21. The Morgan fingerprint density at radius 3 is 2.91 bits per heavy atom. The van der Waals surface area contributed by atoms with Crippen molar-refractivity contribution in [2.75, 3.05) is 13.1 Å². The third-order valence-corrected chi connectivity index (χ3v) is 4.99. The quantitative estimate of drug-likeness (QED) is 0.901. The predicted molar refractivity (Wildman–Crippen MR) is 86.5 cm³/mol. The number of thiophene rings is 1. The summed E-state index contributed by atoms with van der Waals surface area (Å²) in [6.07, 6.45) is 1.12. The molecular formula is C17H18F2N2OS. The molecule has 1 aliphatic rings. The van der Waals surface area contributed by atoms with Crippen LogP contribution in [0.15, 0.2) is 35.7 Å². The molecule has 23 heavy (non-hydrogen) atoms. The van der Waals surface area contributed by atoms with Crippen molar-refractivity contribution in [1.82, 2.24) is 10.6 Å². The van der Waals surface area contributed by atoms with Crippen LogP contribution < -0.4 is 10.6 Å². The molecule has 2 unspecified atom stereocenters. The van der Waals surface area contributed by atoms with Crippen LogP contribution in [0.1, 0.15) is 22.8 Å². The van der Waals surface area contributed by atoms with Crippen molar-refractivity contribution in [3.8, 4) is 0 Å². The topological polar surface area (TPSA) is 41.1 Å². The zero-order chi connectivity index (χ0) is 16.2. The van der Waals surface area contributed by atoms with Gasteiger partial charge in [0, 0.05) is 23.4 Å². The van der Waals surface area contributed by atoms with Gasteiger partial charge in [-0.2, -0.15) is 0 Å². The van der Waals surface area contributed by atoms with Crippen molar-refractivity contribution in [2.45, 2.75) is 24.8 Å². The van der Waals surface area contributed by atoms with Crippen molar-refractivity contribution in [3.63, 3.8) is 0 Å².